The van der Waals surface area contributed by atoms with Gasteiger partial charge in [0.2, 0.25) is 0 Å². The molecular formula is C14H21BrClNO. The Kier molecular flexibility index (Phi) is 5.50. The van der Waals surface area contributed by atoms with Crippen molar-refractivity contribution in [2.75, 3.05) is 0 Å². The van der Waals surface area contributed by atoms with Crippen LogP contribution in [0.4, 0.5) is 0 Å². The van der Waals surface area contributed by atoms with Crippen LogP contribution in [0.1, 0.15) is 48.4 Å². The molecule has 0 aliphatic heterocycles. The standard InChI is InChI=1S/C14H20BrNO.ClH/c1-8-7-11(17)12(9(2)13(8)15)14(16)10-5-3-4-6-10;/h7,10,14,17H,3-6,16H2,1-2H3;1H/t14-;/m0./s1. The van der Waals surface area contributed by atoms with Crippen molar-refractivity contribution in [1.29, 1.82) is 0 Å². The third-order valence-electron chi connectivity index (χ3n) is 3.95. The molecule has 18 heavy (non-hydrogen) atoms. The topological polar surface area (TPSA) is 46.2 Å². The number of rotatable bonds is 2. The van der Waals surface area contributed by atoms with Crippen LogP contribution >= 0.6 is 28.3 Å². The molecule has 0 spiro atoms. The Hall–Kier alpha value is -0.250. The molecule has 0 aromatic heterocycles. The number of phenols is 1. The second-order valence-electron chi connectivity index (χ2n) is 5.14. The molecule has 0 unspecified atom stereocenters. The third kappa shape index (κ3) is 2.84. The minimum Gasteiger partial charge on any atom is -0.508 e. The van der Waals surface area contributed by atoms with Crippen molar-refractivity contribution < 1.29 is 5.11 Å². The molecule has 0 amide bonds. The summed E-state index contributed by atoms with van der Waals surface area (Å²) in [6.45, 7) is 4.02. The molecule has 1 aromatic rings. The number of aryl methyl sites for hydroxylation is 1. The average Bonchev–Trinajstić information content (AvgIpc) is 2.79. The number of hydrogen-bond acceptors (Lipinski definition) is 2. The molecular weight excluding hydrogens is 314 g/mol. The van der Waals surface area contributed by atoms with Gasteiger partial charge in [-0.2, -0.15) is 0 Å². The van der Waals surface area contributed by atoms with E-state index in [-0.39, 0.29) is 18.4 Å². The van der Waals surface area contributed by atoms with E-state index in [1.807, 2.05) is 13.8 Å². The fraction of sp³-hybridized carbons (Fsp3) is 0.571. The van der Waals surface area contributed by atoms with E-state index in [1.54, 1.807) is 6.07 Å². The van der Waals surface area contributed by atoms with Gasteiger partial charge in [0, 0.05) is 16.1 Å². The van der Waals surface area contributed by atoms with Crippen LogP contribution in [0.5, 0.6) is 5.75 Å². The van der Waals surface area contributed by atoms with Crippen LogP contribution in [0.3, 0.4) is 0 Å². The molecule has 1 atom stereocenters. The van der Waals surface area contributed by atoms with E-state index >= 15 is 0 Å². The highest BCUT2D eigenvalue weighted by Crippen LogP contribution is 2.41. The molecule has 2 nitrogen and oxygen atoms in total. The quantitative estimate of drug-likeness (QED) is 0.843. The predicted octanol–water partition coefficient (Wildman–Crippen LogP) is 4.38. The molecule has 102 valence electrons. The van der Waals surface area contributed by atoms with E-state index in [9.17, 15) is 5.11 Å². The number of aromatic hydroxyl groups is 1. The minimum atomic E-state index is -0.0330. The zero-order chi connectivity index (χ0) is 12.6. The van der Waals surface area contributed by atoms with Crippen molar-refractivity contribution in [3.05, 3.63) is 27.2 Å². The summed E-state index contributed by atoms with van der Waals surface area (Å²) in [5, 5.41) is 10.1. The predicted molar refractivity (Wildman–Crippen MR) is 81.4 cm³/mol. The second-order valence-corrected chi connectivity index (χ2v) is 5.93. The summed E-state index contributed by atoms with van der Waals surface area (Å²) in [6.07, 6.45) is 4.91. The number of benzene rings is 1. The zero-order valence-electron chi connectivity index (χ0n) is 10.9. The summed E-state index contributed by atoms with van der Waals surface area (Å²) in [7, 11) is 0. The van der Waals surface area contributed by atoms with Crippen LogP contribution in [0.25, 0.3) is 0 Å². The van der Waals surface area contributed by atoms with Gasteiger partial charge >= 0.3 is 0 Å². The highest BCUT2D eigenvalue weighted by Gasteiger charge is 2.27. The summed E-state index contributed by atoms with van der Waals surface area (Å²) in [4.78, 5) is 0. The largest absolute Gasteiger partial charge is 0.508 e. The van der Waals surface area contributed by atoms with Crippen LogP contribution < -0.4 is 5.73 Å². The molecule has 4 heteroatoms. The molecule has 2 rings (SSSR count). The molecule has 1 aliphatic carbocycles. The van der Waals surface area contributed by atoms with Crippen LogP contribution in [0, 0.1) is 19.8 Å². The second kappa shape index (κ2) is 6.27. The highest BCUT2D eigenvalue weighted by molar-refractivity contribution is 9.10. The van der Waals surface area contributed by atoms with E-state index in [4.69, 9.17) is 5.73 Å². The molecule has 1 fully saturated rings. The molecule has 1 aromatic carbocycles. The van der Waals surface area contributed by atoms with Gasteiger partial charge in [-0.05, 0) is 49.8 Å². The van der Waals surface area contributed by atoms with Gasteiger partial charge in [0.05, 0.1) is 0 Å². The Bertz CT molecular complexity index is 430. The monoisotopic (exact) mass is 333 g/mol. The number of hydrogen-bond donors (Lipinski definition) is 2. The van der Waals surface area contributed by atoms with Crippen molar-refractivity contribution >= 4 is 28.3 Å². The first-order chi connectivity index (χ1) is 8.02. The van der Waals surface area contributed by atoms with Crippen LogP contribution in [-0.4, -0.2) is 5.11 Å². The molecule has 3 N–H and O–H groups in total. The van der Waals surface area contributed by atoms with Crippen LogP contribution in [0.2, 0.25) is 0 Å². The fourth-order valence-electron chi connectivity index (χ4n) is 2.93. The van der Waals surface area contributed by atoms with Gasteiger partial charge in [-0.15, -0.1) is 12.4 Å². The Labute approximate surface area is 123 Å². The lowest BCUT2D eigenvalue weighted by atomic mass is 9.88. The van der Waals surface area contributed by atoms with Gasteiger partial charge in [0.25, 0.3) is 0 Å². The zero-order valence-corrected chi connectivity index (χ0v) is 13.3. The molecule has 1 aliphatic rings. The molecule has 1 saturated carbocycles. The van der Waals surface area contributed by atoms with Crippen LogP contribution in [0.15, 0.2) is 10.5 Å². The van der Waals surface area contributed by atoms with Crippen LogP contribution in [-0.2, 0) is 0 Å². The normalized spacial score (nSPS) is 17.6. The lowest BCUT2D eigenvalue weighted by Crippen LogP contribution is -2.20. The fourth-order valence-corrected chi connectivity index (χ4v) is 3.25. The van der Waals surface area contributed by atoms with Crippen molar-refractivity contribution in [1.82, 2.24) is 0 Å². The van der Waals surface area contributed by atoms with Crippen molar-refractivity contribution in [2.45, 2.75) is 45.6 Å². The minimum absolute atomic E-state index is 0. The maximum Gasteiger partial charge on any atom is 0.120 e. The number of phenolic OH excluding ortho intramolecular Hbond substituents is 1. The van der Waals surface area contributed by atoms with Gasteiger partial charge in [-0.3, -0.25) is 0 Å². The third-order valence-corrected chi connectivity index (χ3v) is 5.17. The number of nitrogens with two attached hydrogens (primary N) is 1. The summed E-state index contributed by atoms with van der Waals surface area (Å²) in [6, 6.07) is 1.77. The molecule has 0 saturated heterocycles. The maximum absolute atomic E-state index is 10.1. The van der Waals surface area contributed by atoms with E-state index in [0.717, 1.165) is 21.2 Å². The lowest BCUT2D eigenvalue weighted by Gasteiger charge is -2.23. The van der Waals surface area contributed by atoms with Crippen molar-refractivity contribution in [3.63, 3.8) is 0 Å². The SMILES string of the molecule is Cc1cc(O)c([C@@H](N)C2CCCC2)c(C)c1Br.Cl. The summed E-state index contributed by atoms with van der Waals surface area (Å²) in [5.41, 5.74) is 9.41. The van der Waals surface area contributed by atoms with Gasteiger partial charge in [-0.25, -0.2) is 0 Å². The summed E-state index contributed by atoms with van der Waals surface area (Å²) in [5.74, 6) is 0.872. The Morgan fingerprint density at radius 1 is 1.33 bits per heavy atom. The molecule has 0 heterocycles. The first-order valence-corrected chi connectivity index (χ1v) is 7.05. The van der Waals surface area contributed by atoms with Crippen molar-refractivity contribution in [3.8, 4) is 5.75 Å². The Morgan fingerprint density at radius 3 is 2.44 bits per heavy atom. The van der Waals surface area contributed by atoms with Gasteiger partial charge in [-0.1, -0.05) is 28.8 Å². The summed E-state index contributed by atoms with van der Waals surface area (Å²) >= 11 is 3.57. The van der Waals surface area contributed by atoms with E-state index in [0.29, 0.717) is 11.7 Å². The van der Waals surface area contributed by atoms with Gasteiger partial charge < -0.3 is 10.8 Å². The maximum atomic E-state index is 10.1. The summed E-state index contributed by atoms with van der Waals surface area (Å²) < 4.78 is 1.07. The first kappa shape index (κ1) is 15.8. The molecule has 0 bridgehead atoms. The number of halogens is 2. The first-order valence-electron chi connectivity index (χ1n) is 6.26. The molecule has 0 radical (unpaired) electrons. The highest BCUT2D eigenvalue weighted by atomic mass is 79.9. The average molecular weight is 335 g/mol. The van der Waals surface area contributed by atoms with Gasteiger partial charge in [0.1, 0.15) is 5.75 Å². The van der Waals surface area contributed by atoms with E-state index in [1.165, 1.54) is 25.7 Å². The Balaban J connectivity index is 0.00000162. The smallest absolute Gasteiger partial charge is 0.120 e. The van der Waals surface area contributed by atoms with Gasteiger partial charge in [0.15, 0.2) is 0 Å². The Morgan fingerprint density at radius 2 is 1.89 bits per heavy atom. The van der Waals surface area contributed by atoms with Crippen molar-refractivity contribution in [2.24, 2.45) is 11.7 Å². The lowest BCUT2D eigenvalue weighted by molar-refractivity contribution is 0.410. The van der Waals surface area contributed by atoms with E-state index < -0.39 is 0 Å². The van der Waals surface area contributed by atoms with E-state index in [2.05, 4.69) is 15.9 Å².